The van der Waals surface area contributed by atoms with Gasteiger partial charge in [0, 0.05) is 24.2 Å². The fraction of sp³-hybridized carbons (Fsp3) is 0.286. The van der Waals surface area contributed by atoms with Crippen molar-refractivity contribution in [2.45, 2.75) is 64.3 Å². The molecule has 1 aromatic heterocycles. The third-order valence-electron chi connectivity index (χ3n) is 7.93. The van der Waals surface area contributed by atoms with Crippen LogP contribution in [0.5, 0.6) is 0 Å². The molecule has 4 amide bonds. The molecule has 0 radical (unpaired) electrons. The smallest absolute Gasteiger partial charge is 0.312 e. The number of hydrogen-bond donors (Lipinski definition) is 4. The highest BCUT2D eigenvalue weighted by molar-refractivity contribution is 6.00. The van der Waals surface area contributed by atoms with Gasteiger partial charge in [0.05, 0.1) is 19.4 Å². The molecule has 5 N–H and O–H groups in total. The average Bonchev–Trinajstić information content (AvgIpc) is 3.50. The Bertz CT molecular complexity index is 1650. The highest BCUT2D eigenvalue weighted by Crippen LogP contribution is 2.31. The summed E-state index contributed by atoms with van der Waals surface area (Å²) >= 11 is 0. The van der Waals surface area contributed by atoms with Crippen LogP contribution in [0.25, 0.3) is 11.1 Å². The number of urea groups is 1. The predicted molar refractivity (Wildman–Crippen MR) is 170 cm³/mol. The Morgan fingerprint density at radius 3 is 2.53 bits per heavy atom. The summed E-state index contributed by atoms with van der Waals surface area (Å²) in [4.78, 5) is 40.1. The molecule has 0 spiro atoms. The minimum Gasteiger partial charge on any atom is -0.468 e. The van der Waals surface area contributed by atoms with Gasteiger partial charge in [0.25, 0.3) is 0 Å². The predicted octanol–water partition coefficient (Wildman–Crippen LogP) is 5.18. The highest BCUT2D eigenvalue weighted by atomic mass is 19.1. The van der Waals surface area contributed by atoms with E-state index in [1.807, 2.05) is 74.5 Å². The van der Waals surface area contributed by atoms with Crippen molar-refractivity contribution in [1.82, 2.24) is 16.0 Å². The Kier molecular flexibility index (Phi) is 9.63. The molecule has 0 bridgehead atoms. The number of benzene rings is 3. The van der Waals surface area contributed by atoms with Crippen LogP contribution in [0.1, 0.15) is 49.1 Å². The molecule has 5 rings (SSSR count). The largest absolute Gasteiger partial charge is 0.468 e. The van der Waals surface area contributed by atoms with E-state index in [0.29, 0.717) is 37.2 Å². The van der Waals surface area contributed by atoms with Crippen LogP contribution in [0.15, 0.2) is 89.5 Å². The Morgan fingerprint density at radius 2 is 1.80 bits per heavy atom. The average molecular weight is 612 g/mol. The number of primary amides is 1. The van der Waals surface area contributed by atoms with Crippen LogP contribution < -0.4 is 26.6 Å². The van der Waals surface area contributed by atoms with Crippen molar-refractivity contribution in [2.24, 2.45) is 5.73 Å². The molecule has 0 saturated heterocycles. The number of carbonyl (C=O) groups is 3. The van der Waals surface area contributed by atoms with Gasteiger partial charge < -0.3 is 31.0 Å². The van der Waals surface area contributed by atoms with Crippen molar-refractivity contribution >= 4 is 23.5 Å². The van der Waals surface area contributed by atoms with Crippen LogP contribution in [0.3, 0.4) is 0 Å². The van der Waals surface area contributed by atoms with E-state index in [2.05, 4.69) is 16.0 Å². The second-order valence-electron chi connectivity index (χ2n) is 11.9. The number of nitrogens with one attached hydrogen (secondary N) is 3. The summed E-state index contributed by atoms with van der Waals surface area (Å²) in [6, 6.07) is 22.3. The number of halogens is 1. The van der Waals surface area contributed by atoms with Crippen LogP contribution in [-0.2, 0) is 35.6 Å². The Labute approximate surface area is 262 Å². The SMILES string of the molecule is CC(C)(CC(=O)N[C@@H]1CCc2cc(F)ccc2N(Cc2ccc(-c3ccccc3CNC(N)=O)cc2)C1=O)NCc1ccco1. The molecule has 3 aromatic carbocycles. The van der Waals surface area contributed by atoms with Crippen LogP contribution >= 0.6 is 0 Å². The Hall–Kier alpha value is -4.96. The zero-order chi connectivity index (χ0) is 32.0. The van der Waals surface area contributed by atoms with E-state index in [1.165, 1.54) is 12.1 Å². The normalized spacial score (nSPS) is 14.9. The minimum absolute atomic E-state index is 0.150. The number of amides is 4. The number of carbonyl (C=O) groups excluding carboxylic acids is 3. The molecule has 1 atom stereocenters. The Morgan fingerprint density at radius 1 is 1.02 bits per heavy atom. The molecule has 4 aromatic rings. The van der Waals surface area contributed by atoms with Gasteiger partial charge in [-0.1, -0.05) is 48.5 Å². The molecular formula is C35H38FN5O4. The number of fused-ring (bicyclic) bond motifs is 1. The number of furan rings is 1. The third-order valence-corrected chi connectivity index (χ3v) is 7.93. The molecule has 45 heavy (non-hydrogen) atoms. The standard InChI is InChI=1S/C35H38FN5O4/c1-35(2,39-21-28-7-5-17-45-28)19-32(42)40-30-15-13-25-18-27(36)14-16-31(25)41(33(30)43)22-23-9-11-24(12-10-23)29-8-4-3-6-26(29)20-38-34(37)44/h3-12,14,16-18,30,39H,13,15,19-22H2,1-2H3,(H,40,42)(H3,37,38,44)/t30-/m1/s1. The van der Waals surface area contributed by atoms with Gasteiger partial charge in [0.2, 0.25) is 11.8 Å². The van der Waals surface area contributed by atoms with Gasteiger partial charge in [-0.2, -0.15) is 0 Å². The first-order chi connectivity index (χ1) is 21.6. The molecule has 0 saturated carbocycles. The van der Waals surface area contributed by atoms with Gasteiger partial charge in [-0.05, 0) is 84.8 Å². The number of aryl methyl sites for hydroxylation is 1. The lowest BCUT2D eigenvalue weighted by atomic mass is 9.98. The highest BCUT2D eigenvalue weighted by Gasteiger charge is 2.33. The van der Waals surface area contributed by atoms with E-state index in [9.17, 15) is 18.8 Å². The summed E-state index contributed by atoms with van der Waals surface area (Å²) in [6.45, 7) is 4.86. The molecule has 9 nitrogen and oxygen atoms in total. The molecule has 10 heteroatoms. The maximum Gasteiger partial charge on any atom is 0.312 e. The summed E-state index contributed by atoms with van der Waals surface area (Å²) in [7, 11) is 0. The summed E-state index contributed by atoms with van der Waals surface area (Å²) in [5, 5.41) is 8.92. The van der Waals surface area contributed by atoms with Crippen LogP contribution in [0.4, 0.5) is 14.9 Å². The molecule has 2 heterocycles. The van der Waals surface area contributed by atoms with Gasteiger partial charge in [0.1, 0.15) is 17.6 Å². The van der Waals surface area contributed by atoms with E-state index >= 15 is 0 Å². The van der Waals surface area contributed by atoms with E-state index in [4.69, 9.17) is 10.2 Å². The lowest BCUT2D eigenvalue weighted by Gasteiger charge is -2.29. The fourth-order valence-corrected chi connectivity index (χ4v) is 5.60. The van der Waals surface area contributed by atoms with Crippen LogP contribution in [0.2, 0.25) is 0 Å². The molecule has 1 aliphatic heterocycles. The molecule has 0 aliphatic carbocycles. The summed E-state index contributed by atoms with van der Waals surface area (Å²) < 4.78 is 19.6. The summed E-state index contributed by atoms with van der Waals surface area (Å²) in [6.07, 6.45) is 2.54. The van der Waals surface area contributed by atoms with Crippen LogP contribution in [-0.4, -0.2) is 29.4 Å². The minimum atomic E-state index is -0.766. The lowest BCUT2D eigenvalue weighted by Crippen LogP contribution is -2.50. The number of nitrogens with two attached hydrogens (primary N) is 1. The maximum absolute atomic E-state index is 14.3. The Balaban J connectivity index is 1.32. The molecular weight excluding hydrogens is 573 g/mol. The van der Waals surface area contributed by atoms with Crippen molar-refractivity contribution < 1.29 is 23.2 Å². The van der Waals surface area contributed by atoms with Crippen molar-refractivity contribution in [3.05, 3.63) is 113 Å². The van der Waals surface area contributed by atoms with Crippen molar-refractivity contribution in [2.75, 3.05) is 4.90 Å². The first-order valence-electron chi connectivity index (χ1n) is 14.9. The van der Waals surface area contributed by atoms with Gasteiger partial charge in [-0.3, -0.25) is 9.59 Å². The molecule has 1 aliphatic rings. The number of hydrogen-bond acceptors (Lipinski definition) is 5. The second-order valence-corrected chi connectivity index (χ2v) is 11.9. The molecule has 0 unspecified atom stereocenters. The van der Waals surface area contributed by atoms with Gasteiger partial charge in [-0.25, -0.2) is 9.18 Å². The van der Waals surface area contributed by atoms with E-state index in [0.717, 1.165) is 28.0 Å². The van der Waals surface area contributed by atoms with E-state index in [1.54, 1.807) is 17.2 Å². The number of nitrogens with zero attached hydrogens (tertiary/aromatic N) is 1. The van der Waals surface area contributed by atoms with Gasteiger partial charge in [-0.15, -0.1) is 0 Å². The van der Waals surface area contributed by atoms with Crippen molar-refractivity contribution in [3.63, 3.8) is 0 Å². The van der Waals surface area contributed by atoms with Gasteiger partial charge in [0.15, 0.2) is 0 Å². The number of rotatable bonds is 11. The number of anilines is 1. The van der Waals surface area contributed by atoms with Crippen LogP contribution in [0, 0.1) is 5.82 Å². The third kappa shape index (κ3) is 8.16. The first-order valence-corrected chi connectivity index (χ1v) is 14.9. The lowest BCUT2D eigenvalue weighted by molar-refractivity contribution is -0.128. The molecule has 0 fully saturated rings. The van der Waals surface area contributed by atoms with Crippen molar-refractivity contribution in [1.29, 1.82) is 0 Å². The zero-order valence-electron chi connectivity index (χ0n) is 25.4. The molecule has 234 valence electrons. The van der Waals surface area contributed by atoms with E-state index in [-0.39, 0.29) is 30.6 Å². The topological polar surface area (TPSA) is 130 Å². The van der Waals surface area contributed by atoms with E-state index < -0.39 is 17.6 Å². The monoisotopic (exact) mass is 611 g/mol. The van der Waals surface area contributed by atoms with Crippen molar-refractivity contribution in [3.8, 4) is 11.1 Å². The first kappa shape index (κ1) is 31.5. The second kappa shape index (κ2) is 13.8. The maximum atomic E-state index is 14.3. The summed E-state index contributed by atoms with van der Waals surface area (Å²) in [5.74, 6) is -0.111. The van der Waals surface area contributed by atoms with Gasteiger partial charge >= 0.3 is 6.03 Å². The quantitative estimate of drug-likeness (QED) is 0.186. The summed E-state index contributed by atoms with van der Waals surface area (Å²) in [5.41, 5.74) is 9.74. The fourth-order valence-electron chi connectivity index (χ4n) is 5.60. The zero-order valence-corrected chi connectivity index (χ0v) is 25.4.